The highest BCUT2D eigenvalue weighted by molar-refractivity contribution is 6.28. The number of ether oxygens (including phenoxy) is 1. The van der Waals surface area contributed by atoms with Crippen molar-refractivity contribution in [3.05, 3.63) is 17.0 Å². The van der Waals surface area contributed by atoms with Gasteiger partial charge in [0.05, 0.1) is 6.61 Å². The molecule has 1 aromatic rings. The van der Waals surface area contributed by atoms with Crippen LogP contribution in [0.15, 0.2) is 6.07 Å². The van der Waals surface area contributed by atoms with E-state index < -0.39 is 17.2 Å². The predicted molar refractivity (Wildman–Crippen MR) is 57.0 cm³/mol. The molecule has 0 saturated heterocycles. The van der Waals surface area contributed by atoms with Gasteiger partial charge in [-0.05, 0) is 23.9 Å². The Hall–Kier alpha value is -1.04. The molecule has 1 aromatic heterocycles. The minimum Gasteiger partial charge on any atom is -0.478 e. The lowest BCUT2D eigenvalue weighted by Crippen LogP contribution is -2.10. The number of aromatic nitrogens is 2. The van der Waals surface area contributed by atoms with Crippen molar-refractivity contribution in [2.75, 3.05) is 6.61 Å². The third kappa shape index (κ3) is 4.77. The Balaban J connectivity index is 2.76. The second-order valence-electron chi connectivity index (χ2n) is 3.89. The summed E-state index contributed by atoms with van der Waals surface area (Å²) in [5.74, 6) is 0.243. The maximum Gasteiger partial charge on any atom is 0.433 e. The predicted octanol–water partition coefficient (Wildman–Crippen LogP) is 3.57. The lowest BCUT2D eigenvalue weighted by atomic mass is 10.1. The van der Waals surface area contributed by atoms with E-state index in [1.807, 2.05) is 13.8 Å². The second-order valence-corrected chi connectivity index (χ2v) is 4.23. The molecule has 0 atom stereocenters. The summed E-state index contributed by atoms with van der Waals surface area (Å²) in [6.07, 6.45) is -3.83. The number of hydrogen-bond acceptors (Lipinski definition) is 3. The molecule has 96 valence electrons. The summed E-state index contributed by atoms with van der Waals surface area (Å²) in [4.78, 5) is 6.67. The van der Waals surface area contributed by atoms with Crippen LogP contribution in [0.2, 0.25) is 5.28 Å². The van der Waals surface area contributed by atoms with E-state index in [1.165, 1.54) is 0 Å². The van der Waals surface area contributed by atoms with Gasteiger partial charge in [-0.3, -0.25) is 0 Å². The van der Waals surface area contributed by atoms with E-state index in [-0.39, 0.29) is 5.88 Å². The first-order valence-electron chi connectivity index (χ1n) is 5.03. The van der Waals surface area contributed by atoms with E-state index in [0.29, 0.717) is 12.5 Å². The van der Waals surface area contributed by atoms with Gasteiger partial charge in [-0.15, -0.1) is 0 Å². The van der Waals surface area contributed by atoms with Crippen molar-refractivity contribution in [2.45, 2.75) is 26.4 Å². The molecule has 0 aliphatic carbocycles. The summed E-state index contributed by atoms with van der Waals surface area (Å²) >= 11 is 5.40. The van der Waals surface area contributed by atoms with Crippen LogP contribution in [0.5, 0.6) is 5.88 Å². The fourth-order valence-electron chi connectivity index (χ4n) is 1.02. The maximum atomic E-state index is 12.4. The molecule has 0 amide bonds. The first-order chi connectivity index (χ1) is 7.79. The molecule has 0 aromatic carbocycles. The number of hydrogen-bond donors (Lipinski definition) is 0. The van der Waals surface area contributed by atoms with Crippen LogP contribution < -0.4 is 4.74 Å². The molecule has 0 saturated carbocycles. The van der Waals surface area contributed by atoms with Crippen molar-refractivity contribution in [3.63, 3.8) is 0 Å². The van der Waals surface area contributed by atoms with Gasteiger partial charge in [0, 0.05) is 6.07 Å². The summed E-state index contributed by atoms with van der Waals surface area (Å²) in [5.41, 5.74) is -1.10. The molecule has 0 aliphatic heterocycles. The minimum atomic E-state index is -4.55. The van der Waals surface area contributed by atoms with E-state index in [0.717, 1.165) is 12.5 Å². The van der Waals surface area contributed by atoms with Gasteiger partial charge >= 0.3 is 6.18 Å². The topological polar surface area (TPSA) is 35.0 Å². The highest BCUT2D eigenvalue weighted by Gasteiger charge is 2.33. The van der Waals surface area contributed by atoms with Crippen LogP contribution in [0.4, 0.5) is 13.2 Å². The minimum absolute atomic E-state index is 0.155. The van der Waals surface area contributed by atoms with Crippen molar-refractivity contribution in [2.24, 2.45) is 5.92 Å². The van der Waals surface area contributed by atoms with Gasteiger partial charge in [-0.2, -0.15) is 18.2 Å². The quantitative estimate of drug-likeness (QED) is 0.783. The summed E-state index contributed by atoms with van der Waals surface area (Å²) < 4.78 is 42.3. The normalized spacial score (nSPS) is 11.9. The molecule has 3 nitrogen and oxygen atoms in total. The Morgan fingerprint density at radius 3 is 2.53 bits per heavy atom. The smallest absolute Gasteiger partial charge is 0.433 e. The van der Waals surface area contributed by atoms with E-state index >= 15 is 0 Å². The molecule has 0 bridgehead atoms. The van der Waals surface area contributed by atoms with Gasteiger partial charge in [-0.1, -0.05) is 13.8 Å². The number of rotatable bonds is 4. The molecule has 7 heteroatoms. The average Bonchev–Trinajstić information content (AvgIpc) is 2.14. The van der Waals surface area contributed by atoms with Gasteiger partial charge in [0.2, 0.25) is 11.2 Å². The lowest BCUT2D eigenvalue weighted by Gasteiger charge is -2.10. The zero-order valence-electron chi connectivity index (χ0n) is 9.38. The maximum absolute atomic E-state index is 12.4. The van der Waals surface area contributed by atoms with Crippen molar-refractivity contribution >= 4 is 11.6 Å². The third-order valence-electron chi connectivity index (χ3n) is 1.91. The Labute approximate surface area is 102 Å². The third-order valence-corrected chi connectivity index (χ3v) is 2.08. The fraction of sp³-hybridized carbons (Fsp3) is 0.600. The van der Waals surface area contributed by atoms with Crippen LogP contribution in [-0.2, 0) is 6.18 Å². The molecule has 17 heavy (non-hydrogen) atoms. The Morgan fingerprint density at radius 1 is 1.35 bits per heavy atom. The zero-order chi connectivity index (χ0) is 13.1. The van der Waals surface area contributed by atoms with Crippen LogP contribution in [0, 0.1) is 5.92 Å². The average molecular weight is 269 g/mol. The van der Waals surface area contributed by atoms with Crippen LogP contribution >= 0.6 is 11.6 Å². The van der Waals surface area contributed by atoms with E-state index in [4.69, 9.17) is 16.3 Å². The monoisotopic (exact) mass is 268 g/mol. The van der Waals surface area contributed by atoms with Crippen LogP contribution in [0.25, 0.3) is 0 Å². The van der Waals surface area contributed by atoms with E-state index in [2.05, 4.69) is 9.97 Å². The van der Waals surface area contributed by atoms with Crippen molar-refractivity contribution in [3.8, 4) is 5.88 Å². The first-order valence-corrected chi connectivity index (χ1v) is 5.41. The number of nitrogens with zero attached hydrogens (tertiary/aromatic N) is 2. The summed E-state index contributed by atoms with van der Waals surface area (Å²) in [6, 6.07) is 0.742. The lowest BCUT2D eigenvalue weighted by molar-refractivity contribution is -0.141. The van der Waals surface area contributed by atoms with Gasteiger partial charge in [0.1, 0.15) is 0 Å². The molecule has 0 radical (unpaired) electrons. The fourth-order valence-corrected chi connectivity index (χ4v) is 1.19. The number of halogens is 4. The molecule has 0 fully saturated rings. The van der Waals surface area contributed by atoms with Crippen molar-refractivity contribution in [1.29, 1.82) is 0 Å². The standard InChI is InChI=1S/C10H12ClF3N2O/c1-6(2)3-4-17-8-5-7(10(12,13)14)15-9(11)16-8/h5-6H,3-4H2,1-2H3. The Kier molecular flexibility index (Phi) is 4.56. The molecule has 1 heterocycles. The number of alkyl halides is 3. The highest BCUT2D eigenvalue weighted by atomic mass is 35.5. The molecular weight excluding hydrogens is 257 g/mol. The van der Waals surface area contributed by atoms with Crippen LogP contribution in [0.3, 0.4) is 0 Å². The summed E-state index contributed by atoms with van der Waals surface area (Å²) in [6.45, 7) is 4.26. The Bertz CT molecular complexity index is 382. The first kappa shape index (κ1) is 14.0. The highest BCUT2D eigenvalue weighted by Crippen LogP contribution is 2.30. The van der Waals surface area contributed by atoms with Crippen molar-refractivity contribution < 1.29 is 17.9 Å². The van der Waals surface area contributed by atoms with Crippen molar-refractivity contribution in [1.82, 2.24) is 9.97 Å². The largest absolute Gasteiger partial charge is 0.478 e. The zero-order valence-corrected chi connectivity index (χ0v) is 10.1. The molecular formula is C10H12ClF3N2O. The SMILES string of the molecule is CC(C)CCOc1cc(C(F)(F)F)nc(Cl)n1. The summed E-state index contributed by atoms with van der Waals surface area (Å²) in [7, 11) is 0. The Morgan fingerprint density at radius 2 is 2.00 bits per heavy atom. The van der Waals surface area contributed by atoms with Gasteiger partial charge < -0.3 is 4.74 Å². The van der Waals surface area contributed by atoms with E-state index in [1.54, 1.807) is 0 Å². The summed E-state index contributed by atoms with van der Waals surface area (Å²) in [5, 5.41) is -0.473. The second kappa shape index (κ2) is 5.53. The van der Waals surface area contributed by atoms with Gasteiger partial charge in [0.25, 0.3) is 0 Å². The molecule has 1 rings (SSSR count). The van der Waals surface area contributed by atoms with Crippen LogP contribution in [0.1, 0.15) is 26.0 Å². The van der Waals surface area contributed by atoms with Crippen LogP contribution in [-0.4, -0.2) is 16.6 Å². The molecule has 0 aliphatic rings. The molecule has 0 spiro atoms. The van der Waals surface area contributed by atoms with E-state index in [9.17, 15) is 13.2 Å². The molecule has 0 unspecified atom stereocenters. The van der Waals surface area contributed by atoms with Gasteiger partial charge in [0.15, 0.2) is 5.69 Å². The van der Waals surface area contributed by atoms with Gasteiger partial charge in [-0.25, -0.2) is 4.98 Å². The molecule has 0 N–H and O–H groups in total.